The van der Waals surface area contributed by atoms with Crippen molar-refractivity contribution in [2.75, 3.05) is 31.9 Å². The van der Waals surface area contributed by atoms with Crippen LogP contribution in [-0.4, -0.2) is 63.4 Å². The second-order valence-corrected chi connectivity index (χ2v) is 6.90. The molecule has 1 aliphatic heterocycles. The number of nitrogen functional groups attached to an aromatic ring is 1. The molecule has 0 unspecified atom stereocenters. The number of aromatic nitrogens is 2. The first kappa shape index (κ1) is 18.1. The van der Waals surface area contributed by atoms with Crippen LogP contribution in [0.5, 0.6) is 0 Å². The van der Waals surface area contributed by atoms with E-state index in [4.69, 9.17) is 10.5 Å². The molecule has 8 heteroatoms. The standard InChI is InChI=1S/C16H27N5O3/c1-5-21-11-12(17)13(18-21)14(22)19-7-6-8-20(10-9-19)15(23)24-16(2,3)4/h11H,5-10,17H2,1-4H3. The van der Waals surface area contributed by atoms with Crippen LogP contribution < -0.4 is 5.73 Å². The van der Waals surface area contributed by atoms with Gasteiger partial charge in [-0.25, -0.2) is 4.79 Å². The van der Waals surface area contributed by atoms with Crippen molar-refractivity contribution in [3.8, 4) is 0 Å². The van der Waals surface area contributed by atoms with Crippen molar-refractivity contribution in [3.63, 3.8) is 0 Å². The number of hydrogen-bond acceptors (Lipinski definition) is 5. The van der Waals surface area contributed by atoms with E-state index >= 15 is 0 Å². The SMILES string of the molecule is CCn1cc(N)c(C(=O)N2CCCN(C(=O)OC(C)(C)C)CC2)n1. The zero-order valence-electron chi connectivity index (χ0n) is 14.9. The summed E-state index contributed by atoms with van der Waals surface area (Å²) in [7, 11) is 0. The normalized spacial score (nSPS) is 16.0. The highest BCUT2D eigenvalue weighted by atomic mass is 16.6. The summed E-state index contributed by atoms with van der Waals surface area (Å²) in [4.78, 5) is 28.2. The molecule has 0 spiro atoms. The van der Waals surface area contributed by atoms with Gasteiger partial charge in [-0.3, -0.25) is 9.48 Å². The summed E-state index contributed by atoms with van der Waals surface area (Å²) in [6.07, 6.45) is 2.02. The van der Waals surface area contributed by atoms with Crippen molar-refractivity contribution >= 4 is 17.7 Å². The molecule has 2 heterocycles. The van der Waals surface area contributed by atoms with Crippen molar-refractivity contribution in [3.05, 3.63) is 11.9 Å². The highest BCUT2D eigenvalue weighted by Crippen LogP contribution is 2.16. The monoisotopic (exact) mass is 337 g/mol. The van der Waals surface area contributed by atoms with Crippen molar-refractivity contribution in [2.24, 2.45) is 0 Å². The minimum absolute atomic E-state index is 0.189. The van der Waals surface area contributed by atoms with E-state index in [-0.39, 0.29) is 17.7 Å². The first-order valence-corrected chi connectivity index (χ1v) is 8.31. The van der Waals surface area contributed by atoms with Gasteiger partial charge in [-0.1, -0.05) is 0 Å². The molecule has 1 aromatic heterocycles. The van der Waals surface area contributed by atoms with Gasteiger partial charge in [0, 0.05) is 38.9 Å². The number of hydrogen-bond donors (Lipinski definition) is 1. The van der Waals surface area contributed by atoms with Gasteiger partial charge in [0.1, 0.15) is 5.60 Å². The van der Waals surface area contributed by atoms with Crippen LogP contribution in [0.3, 0.4) is 0 Å². The molecule has 0 radical (unpaired) electrons. The molecular formula is C16H27N5O3. The van der Waals surface area contributed by atoms with Gasteiger partial charge in [0.15, 0.2) is 5.69 Å². The average molecular weight is 337 g/mol. The maximum absolute atomic E-state index is 12.6. The van der Waals surface area contributed by atoms with Crippen LogP contribution in [0, 0.1) is 0 Å². The Morgan fingerprint density at radius 2 is 1.83 bits per heavy atom. The minimum atomic E-state index is -0.527. The lowest BCUT2D eigenvalue weighted by atomic mass is 10.2. The van der Waals surface area contributed by atoms with E-state index in [1.54, 1.807) is 20.7 Å². The first-order valence-electron chi connectivity index (χ1n) is 8.31. The Bertz CT molecular complexity index is 605. The summed E-state index contributed by atoms with van der Waals surface area (Å²) < 4.78 is 7.04. The smallest absolute Gasteiger partial charge is 0.410 e. The number of ether oxygens (including phenoxy) is 1. The van der Waals surface area contributed by atoms with Crippen LogP contribution in [-0.2, 0) is 11.3 Å². The van der Waals surface area contributed by atoms with Gasteiger partial charge in [-0.2, -0.15) is 5.10 Å². The van der Waals surface area contributed by atoms with Crippen LogP contribution in [0.15, 0.2) is 6.20 Å². The molecular weight excluding hydrogens is 310 g/mol. The van der Waals surface area contributed by atoms with Gasteiger partial charge < -0.3 is 20.3 Å². The van der Waals surface area contributed by atoms with E-state index in [9.17, 15) is 9.59 Å². The fourth-order valence-electron chi connectivity index (χ4n) is 2.54. The zero-order valence-corrected chi connectivity index (χ0v) is 14.9. The number of aryl methyl sites for hydroxylation is 1. The van der Waals surface area contributed by atoms with Crippen LogP contribution in [0.4, 0.5) is 10.5 Å². The molecule has 2 amide bonds. The summed E-state index contributed by atoms with van der Waals surface area (Å²) in [6, 6.07) is 0. The van der Waals surface area contributed by atoms with E-state index < -0.39 is 5.60 Å². The fourth-order valence-corrected chi connectivity index (χ4v) is 2.54. The molecule has 0 saturated carbocycles. The van der Waals surface area contributed by atoms with E-state index in [1.165, 1.54) is 0 Å². The average Bonchev–Trinajstić information content (AvgIpc) is 2.71. The number of anilines is 1. The topological polar surface area (TPSA) is 93.7 Å². The molecule has 0 aliphatic carbocycles. The third kappa shape index (κ3) is 4.39. The van der Waals surface area contributed by atoms with E-state index in [0.717, 1.165) is 0 Å². The van der Waals surface area contributed by atoms with Crippen LogP contribution in [0.1, 0.15) is 44.6 Å². The minimum Gasteiger partial charge on any atom is -0.444 e. The molecule has 0 atom stereocenters. The number of amides is 2. The number of carbonyl (C=O) groups excluding carboxylic acids is 2. The summed E-state index contributed by atoms with van der Waals surface area (Å²) in [5.41, 5.74) is 6.03. The lowest BCUT2D eigenvalue weighted by Crippen LogP contribution is -2.40. The van der Waals surface area contributed by atoms with Gasteiger partial charge in [-0.15, -0.1) is 0 Å². The highest BCUT2D eigenvalue weighted by molar-refractivity contribution is 5.97. The van der Waals surface area contributed by atoms with Gasteiger partial charge in [0.25, 0.3) is 5.91 Å². The molecule has 2 rings (SSSR count). The first-order chi connectivity index (χ1) is 11.2. The lowest BCUT2D eigenvalue weighted by molar-refractivity contribution is 0.0255. The third-order valence-corrected chi connectivity index (χ3v) is 3.75. The predicted octanol–water partition coefficient (Wildman–Crippen LogP) is 1.57. The van der Waals surface area contributed by atoms with E-state index in [2.05, 4.69) is 5.10 Å². The van der Waals surface area contributed by atoms with Gasteiger partial charge in [0.05, 0.1) is 5.69 Å². The number of rotatable bonds is 2. The Labute approximate surface area is 142 Å². The van der Waals surface area contributed by atoms with Crippen LogP contribution in [0.25, 0.3) is 0 Å². The summed E-state index contributed by atoms with van der Waals surface area (Å²) in [5.74, 6) is -0.189. The van der Waals surface area contributed by atoms with Crippen molar-refractivity contribution in [2.45, 2.75) is 46.3 Å². The second kappa shape index (κ2) is 7.11. The fraction of sp³-hybridized carbons (Fsp3) is 0.688. The summed E-state index contributed by atoms with van der Waals surface area (Å²) >= 11 is 0. The maximum Gasteiger partial charge on any atom is 0.410 e. The number of nitrogens with two attached hydrogens (primary N) is 1. The molecule has 1 saturated heterocycles. The molecule has 2 N–H and O–H groups in total. The van der Waals surface area contributed by atoms with E-state index in [0.29, 0.717) is 44.8 Å². The Hall–Kier alpha value is -2.25. The van der Waals surface area contributed by atoms with Crippen LogP contribution in [0.2, 0.25) is 0 Å². The maximum atomic E-state index is 12.6. The van der Waals surface area contributed by atoms with Gasteiger partial charge >= 0.3 is 6.09 Å². The number of nitrogens with zero attached hydrogens (tertiary/aromatic N) is 4. The third-order valence-electron chi connectivity index (χ3n) is 3.75. The highest BCUT2D eigenvalue weighted by Gasteiger charge is 2.27. The Morgan fingerprint density at radius 3 is 2.42 bits per heavy atom. The summed E-state index contributed by atoms with van der Waals surface area (Å²) in [6.45, 7) is 10.1. The zero-order chi connectivity index (χ0) is 17.9. The van der Waals surface area contributed by atoms with E-state index in [1.807, 2.05) is 27.7 Å². The molecule has 24 heavy (non-hydrogen) atoms. The Kier molecular flexibility index (Phi) is 5.36. The Balaban J connectivity index is 2.01. The van der Waals surface area contributed by atoms with Crippen molar-refractivity contribution < 1.29 is 14.3 Å². The van der Waals surface area contributed by atoms with Gasteiger partial charge in [0.2, 0.25) is 0 Å². The molecule has 8 nitrogen and oxygen atoms in total. The summed E-state index contributed by atoms with van der Waals surface area (Å²) in [5, 5.41) is 4.23. The molecule has 1 aliphatic rings. The molecule has 1 aromatic rings. The largest absolute Gasteiger partial charge is 0.444 e. The predicted molar refractivity (Wildman–Crippen MR) is 90.6 cm³/mol. The van der Waals surface area contributed by atoms with Crippen molar-refractivity contribution in [1.29, 1.82) is 0 Å². The second-order valence-electron chi connectivity index (χ2n) is 6.90. The Morgan fingerprint density at radius 1 is 1.21 bits per heavy atom. The molecule has 0 bridgehead atoms. The van der Waals surface area contributed by atoms with Crippen molar-refractivity contribution in [1.82, 2.24) is 19.6 Å². The quantitative estimate of drug-likeness (QED) is 0.884. The molecule has 1 fully saturated rings. The lowest BCUT2D eigenvalue weighted by Gasteiger charge is -2.26. The molecule has 0 aromatic carbocycles. The van der Waals surface area contributed by atoms with Crippen LogP contribution >= 0.6 is 0 Å². The van der Waals surface area contributed by atoms with Gasteiger partial charge in [-0.05, 0) is 34.1 Å². The number of carbonyl (C=O) groups is 2. The molecule has 134 valence electrons.